The van der Waals surface area contributed by atoms with E-state index in [1.165, 1.54) is 6.92 Å². The van der Waals surface area contributed by atoms with Crippen LogP contribution in [0.5, 0.6) is 0 Å². The summed E-state index contributed by atoms with van der Waals surface area (Å²) in [6.07, 6.45) is -2.03. The largest absolute Gasteiger partial charge is 0.461 e. The van der Waals surface area contributed by atoms with Crippen LogP contribution in [0.2, 0.25) is 0 Å². The molecule has 1 saturated heterocycles. The second-order valence-corrected chi connectivity index (χ2v) is 7.61. The zero-order valence-electron chi connectivity index (χ0n) is 17.4. The van der Waals surface area contributed by atoms with Gasteiger partial charge >= 0.3 is 17.9 Å². The van der Waals surface area contributed by atoms with Crippen molar-refractivity contribution < 1.29 is 43.9 Å². The first-order chi connectivity index (χ1) is 14.5. The van der Waals surface area contributed by atoms with Crippen LogP contribution in [0.1, 0.15) is 26.2 Å². The molecule has 9 heteroatoms. The summed E-state index contributed by atoms with van der Waals surface area (Å²) in [4.78, 5) is 35.9. The Morgan fingerprint density at radius 3 is 2.65 bits per heavy atom. The molecule has 0 amide bonds. The lowest BCUT2D eigenvalue weighted by Gasteiger charge is -2.30. The summed E-state index contributed by atoms with van der Waals surface area (Å²) in [5.41, 5.74) is 0.698. The molecule has 0 bridgehead atoms. The van der Waals surface area contributed by atoms with E-state index in [0.29, 0.717) is 17.6 Å². The maximum atomic E-state index is 12.5. The second-order valence-electron chi connectivity index (χ2n) is 7.61. The van der Waals surface area contributed by atoms with Crippen molar-refractivity contribution in [3.8, 4) is 0 Å². The van der Waals surface area contributed by atoms with E-state index in [1.807, 2.05) is 0 Å². The molecule has 0 spiro atoms. The maximum absolute atomic E-state index is 12.5. The summed E-state index contributed by atoms with van der Waals surface area (Å²) in [6, 6.07) is 0. The average molecular weight is 436 g/mol. The van der Waals surface area contributed by atoms with Gasteiger partial charge in [-0.2, -0.15) is 0 Å². The molecule has 5 atom stereocenters. The minimum absolute atomic E-state index is 0.0132. The number of carbonyl (C=O) groups is 3. The number of hydrogen-bond acceptors (Lipinski definition) is 9. The van der Waals surface area contributed by atoms with Crippen LogP contribution in [0, 0.1) is 5.92 Å². The minimum Gasteiger partial charge on any atom is -0.461 e. The molecular weight excluding hydrogens is 408 g/mol. The van der Waals surface area contributed by atoms with Crippen molar-refractivity contribution in [3.63, 3.8) is 0 Å². The smallest absolute Gasteiger partial charge is 0.336 e. The van der Waals surface area contributed by atoms with Crippen molar-refractivity contribution in [2.24, 2.45) is 5.92 Å². The summed E-state index contributed by atoms with van der Waals surface area (Å²) < 4.78 is 16.0. The Labute approximate surface area is 180 Å². The molecule has 2 rings (SSSR count). The SMILES string of the molecule is C=C(C(=O)O[C@H]1CC(=C)[C@H](O)CC/C(COC(C)=O)=C/[C@H]2OC(=O)C(=C)[C@H]12)C(O)CO. The molecule has 1 unspecified atom stereocenters. The quantitative estimate of drug-likeness (QED) is 0.235. The summed E-state index contributed by atoms with van der Waals surface area (Å²) in [7, 11) is 0. The predicted octanol–water partition coefficient (Wildman–Crippen LogP) is 0.496. The monoisotopic (exact) mass is 436 g/mol. The summed E-state index contributed by atoms with van der Waals surface area (Å²) >= 11 is 0. The molecule has 1 aliphatic heterocycles. The highest BCUT2D eigenvalue weighted by atomic mass is 16.6. The van der Waals surface area contributed by atoms with Crippen LogP contribution < -0.4 is 0 Å². The van der Waals surface area contributed by atoms with Crippen molar-refractivity contribution in [3.05, 3.63) is 48.1 Å². The van der Waals surface area contributed by atoms with Gasteiger partial charge in [0.15, 0.2) is 0 Å². The van der Waals surface area contributed by atoms with Crippen molar-refractivity contribution in [2.75, 3.05) is 13.2 Å². The lowest BCUT2D eigenvalue weighted by Crippen LogP contribution is -2.36. The normalized spacial score (nSPS) is 29.2. The number of fused-ring (bicyclic) bond motifs is 1. The van der Waals surface area contributed by atoms with Crippen LogP contribution in [0.25, 0.3) is 0 Å². The van der Waals surface area contributed by atoms with Gasteiger partial charge in [-0.05, 0) is 30.1 Å². The summed E-state index contributed by atoms with van der Waals surface area (Å²) in [5.74, 6) is -2.93. The van der Waals surface area contributed by atoms with Crippen molar-refractivity contribution in [1.29, 1.82) is 0 Å². The number of ether oxygens (including phenoxy) is 3. The van der Waals surface area contributed by atoms with Crippen molar-refractivity contribution in [2.45, 2.75) is 50.6 Å². The molecule has 9 nitrogen and oxygen atoms in total. The van der Waals surface area contributed by atoms with Gasteiger partial charge in [0.1, 0.15) is 24.9 Å². The van der Waals surface area contributed by atoms with Gasteiger partial charge in [-0.1, -0.05) is 19.7 Å². The molecule has 0 radical (unpaired) electrons. The Morgan fingerprint density at radius 1 is 1.35 bits per heavy atom. The van der Waals surface area contributed by atoms with Gasteiger partial charge in [0.05, 0.1) is 24.2 Å². The summed E-state index contributed by atoms with van der Waals surface area (Å²) in [5, 5.41) is 29.2. The lowest BCUT2D eigenvalue weighted by atomic mass is 9.83. The van der Waals surface area contributed by atoms with Crippen molar-refractivity contribution in [1.82, 2.24) is 0 Å². The van der Waals surface area contributed by atoms with E-state index < -0.39 is 54.8 Å². The van der Waals surface area contributed by atoms with E-state index >= 15 is 0 Å². The van der Waals surface area contributed by atoms with Crippen LogP contribution in [-0.4, -0.2) is 70.9 Å². The third-order valence-electron chi connectivity index (χ3n) is 5.29. The van der Waals surface area contributed by atoms with Gasteiger partial charge in [0.2, 0.25) is 0 Å². The Kier molecular flexibility index (Phi) is 8.32. The molecule has 170 valence electrons. The summed E-state index contributed by atoms with van der Waals surface area (Å²) in [6.45, 7) is 11.6. The maximum Gasteiger partial charge on any atom is 0.336 e. The second kappa shape index (κ2) is 10.5. The van der Waals surface area contributed by atoms with Crippen LogP contribution in [0.4, 0.5) is 0 Å². The molecule has 0 aromatic rings. The zero-order chi connectivity index (χ0) is 23.3. The van der Waals surface area contributed by atoms with Gasteiger partial charge in [-0.3, -0.25) is 4.79 Å². The highest BCUT2D eigenvalue weighted by Crippen LogP contribution is 2.37. The number of esters is 3. The third-order valence-corrected chi connectivity index (χ3v) is 5.29. The standard InChI is InChI=1S/C22H28O9/c1-11-7-18(30-21(27)12(2)17(26)9-23)20-13(3)22(28)31-19(20)8-15(5-6-16(11)25)10-29-14(4)24/h8,16-20,23,25-26H,1-3,5-7,9-10H2,4H3/b15-8-/t16-,17?,18+,19-,20-/m1/s1. The van der Waals surface area contributed by atoms with Gasteiger partial charge in [0, 0.05) is 18.9 Å². The molecule has 3 N–H and O–H groups in total. The van der Waals surface area contributed by atoms with E-state index in [9.17, 15) is 24.6 Å². The van der Waals surface area contributed by atoms with Crippen LogP contribution >= 0.6 is 0 Å². The zero-order valence-corrected chi connectivity index (χ0v) is 17.4. The fourth-order valence-corrected chi connectivity index (χ4v) is 3.43. The van der Waals surface area contributed by atoms with E-state index in [1.54, 1.807) is 6.08 Å². The Bertz CT molecular complexity index is 810. The molecular formula is C22H28O9. The van der Waals surface area contributed by atoms with E-state index in [0.717, 1.165) is 0 Å². The molecule has 0 saturated carbocycles. The Hall–Kier alpha value is -2.75. The number of aliphatic hydroxyl groups excluding tert-OH is 3. The Morgan fingerprint density at radius 2 is 2.03 bits per heavy atom. The van der Waals surface area contributed by atoms with Gasteiger partial charge in [-0.15, -0.1) is 0 Å². The lowest BCUT2D eigenvalue weighted by molar-refractivity contribution is -0.149. The van der Waals surface area contributed by atoms with E-state index in [-0.39, 0.29) is 30.6 Å². The fraction of sp³-hybridized carbons (Fsp3) is 0.500. The van der Waals surface area contributed by atoms with E-state index in [2.05, 4.69) is 19.7 Å². The molecule has 1 fully saturated rings. The molecule has 1 heterocycles. The molecule has 0 aromatic heterocycles. The van der Waals surface area contributed by atoms with Crippen LogP contribution in [0.3, 0.4) is 0 Å². The van der Waals surface area contributed by atoms with Gasteiger partial charge < -0.3 is 29.5 Å². The average Bonchev–Trinajstić information content (AvgIpc) is 3.00. The molecule has 0 aromatic carbocycles. The first-order valence-corrected chi connectivity index (χ1v) is 9.82. The molecule has 31 heavy (non-hydrogen) atoms. The number of aliphatic hydroxyl groups is 3. The van der Waals surface area contributed by atoms with Crippen LogP contribution in [-0.2, 0) is 28.6 Å². The highest BCUT2D eigenvalue weighted by molar-refractivity contribution is 5.92. The molecule has 1 aliphatic carbocycles. The van der Waals surface area contributed by atoms with Gasteiger partial charge in [-0.25, -0.2) is 9.59 Å². The Balaban J connectivity index is 2.40. The third kappa shape index (κ3) is 6.13. The fourth-order valence-electron chi connectivity index (χ4n) is 3.43. The number of carbonyl (C=O) groups excluding carboxylic acids is 3. The highest BCUT2D eigenvalue weighted by Gasteiger charge is 2.45. The van der Waals surface area contributed by atoms with E-state index in [4.69, 9.17) is 19.3 Å². The molecule has 2 aliphatic rings. The number of rotatable bonds is 6. The number of hydrogen-bond donors (Lipinski definition) is 3. The first-order valence-electron chi connectivity index (χ1n) is 9.82. The predicted molar refractivity (Wildman–Crippen MR) is 108 cm³/mol. The first kappa shape index (κ1) is 24.5. The van der Waals surface area contributed by atoms with Crippen LogP contribution in [0.15, 0.2) is 48.1 Å². The minimum atomic E-state index is -1.50. The van der Waals surface area contributed by atoms with Crippen molar-refractivity contribution >= 4 is 17.9 Å². The topological polar surface area (TPSA) is 140 Å². The van der Waals surface area contributed by atoms with Gasteiger partial charge in [0.25, 0.3) is 0 Å².